The molecule has 0 amide bonds. The van der Waals surface area contributed by atoms with Crippen LogP contribution in [0.3, 0.4) is 0 Å². The molecule has 0 saturated heterocycles. The zero-order chi connectivity index (χ0) is 10.4. The Balaban J connectivity index is 2.32. The molecular weight excluding hydrogens is 180 g/mol. The van der Waals surface area contributed by atoms with Gasteiger partial charge in [-0.15, -0.1) is 0 Å². The average Bonchev–Trinajstić information content (AvgIpc) is 2.64. The molecule has 1 unspecified atom stereocenters. The third kappa shape index (κ3) is 3.91. The lowest BCUT2D eigenvalue weighted by atomic mass is 10.1. The van der Waals surface area contributed by atoms with Crippen molar-refractivity contribution >= 4 is 0 Å². The highest BCUT2D eigenvalue weighted by atomic mass is 16.5. The Kier molecular flexibility index (Phi) is 4.65. The lowest BCUT2D eigenvalue weighted by Crippen LogP contribution is -2.40. The molecule has 80 valence electrons. The van der Waals surface area contributed by atoms with Crippen LogP contribution >= 0.6 is 0 Å². The van der Waals surface area contributed by atoms with Gasteiger partial charge in [-0.05, 0) is 31.9 Å². The van der Waals surface area contributed by atoms with Gasteiger partial charge in [0.15, 0.2) is 0 Å². The van der Waals surface area contributed by atoms with Gasteiger partial charge in [0.1, 0.15) is 0 Å². The van der Waals surface area contributed by atoms with E-state index < -0.39 is 0 Å². The van der Waals surface area contributed by atoms with Crippen molar-refractivity contribution < 1.29 is 9.15 Å². The maximum absolute atomic E-state index is 5.47. The minimum atomic E-state index is 0.134. The van der Waals surface area contributed by atoms with Gasteiger partial charge in [0, 0.05) is 6.04 Å². The molecule has 4 heteroatoms. The zero-order valence-corrected chi connectivity index (χ0v) is 8.69. The van der Waals surface area contributed by atoms with Gasteiger partial charge in [-0.1, -0.05) is 0 Å². The van der Waals surface area contributed by atoms with Crippen LogP contribution in [0.2, 0.25) is 0 Å². The maximum atomic E-state index is 5.47. The molecule has 0 spiro atoms. The van der Waals surface area contributed by atoms with Gasteiger partial charge in [0.2, 0.25) is 0 Å². The summed E-state index contributed by atoms with van der Waals surface area (Å²) in [7, 11) is 0. The Morgan fingerprint density at radius 2 is 2.36 bits per heavy atom. The molecule has 0 aliphatic heterocycles. The smallest absolute Gasteiger partial charge is 0.0935 e. The lowest BCUT2D eigenvalue weighted by molar-refractivity contribution is 0.0613. The van der Waals surface area contributed by atoms with Gasteiger partial charge in [0.25, 0.3) is 0 Å². The van der Waals surface area contributed by atoms with Crippen molar-refractivity contribution in [3.8, 4) is 0 Å². The third-order valence-electron chi connectivity index (χ3n) is 1.93. The average molecular weight is 198 g/mol. The highest BCUT2D eigenvalue weighted by molar-refractivity contribution is 5.07. The van der Waals surface area contributed by atoms with E-state index in [0.29, 0.717) is 6.61 Å². The monoisotopic (exact) mass is 198 g/mol. The number of hydrogen-bond donors (Lipinski definition) is 2. The summed E-state index contributed by atoms with van der Waals surface area (Å²) < 4.78 is 10.4. The fourth-order valence-electron chi connectivity index (χ4n) is 1.17. The number of nitrogens with two attached hydrogens (primary N) is 1. The van der Waals surface area contributed by atoms with Crippen molar-refractivity contribution in [3.05, 3.63) is 24.2 Å². The normalized spacial score (nSPS) is 13.4. The molecule has 1 aromatic rings. The second-order valence-corrected chi connectivity index (χ2v) is 3.58. The van der Waals surface area contributed by atoms with Crippen LogP contribution in [0.15, 0.2) is 23.0 Å². The Morgan fingerprint density at radius 3 is 2.86 bits per heavy atom. The minimum absolute atomic E-state index is 0.134. The minimum Gasteiger partial charge on any atom is -0.472 e. The van der Waals surface area contributed by atoms with Crippen molar-refractivity contribution in [2.75, 3.05) is 6.61 Å². The molecular formula is C10H18N2O2. The van der Waals surface area contributed by atoms with Crippen LogP contribution in [0.25, 0.3) is 0 Å². The number of ether oxygens (including phenoxy) is 1. The zero-order valence-electron chi connectivity index (χ0n) is 8.69. The number of furan rings is 1. The van der Waals surface area contributed by atoms with Crippen LogP contribution in [0, 0.1) is 0 Å². The molecule has 4 nitrogen and oxygen atoms in total. The number of rotatable bonds is 6. The molecule has 0 bridgehead atoms. The molecule has 1 rings (SSSR count). The van der Waals surface area contributed by atoms with Crippen LogP contribution < -0.4 is 11.3 Å². The number of hydrogen-bond acceptors (Lipinski definition) is 4. The summed E-state index contributed by atoms with van der Waals surface area (Å²) in [5, 5.41) is 0. The molecule has 0 aliphatic carbocycles. The first kappa shape index (κ1) is 11.2. The molecule has 3 N–H and O–H groups in total. The van der Waals surface area contributed by atoms with Gasteiger partial charge in [0.05, 0.1) is 25.2 Å². The van der Waals surface area contributed by atoms with Gasteiger partial charge in [-0.3, -0.25) is 11.3 Å². The number of hydrazine groups is 1. The van der Waals surface area contributed by atoms with Crippen molar-refractivity contribution in [1.29, 1.82) is 0 Å². The highest BCUT2D eigenvalue weighted by Gasteiger charge is 2.09. The summed E-state index contributed by atoms with van der Waals surface area (Å²) in [5.74, 6) is 5.41. The van der Waals surface area contributed by atoms with E-state index in [1.165, 1.54) is 0 Å². The predicted octanol–water partition coefficient (Wildman–Crippen LogP) is 1.08. The first-order valence-electron chi connectivity index (χ1n) is 4.81. The van der Waals surface area contributed by atoms with E-state index in [1.807, 2.05) is 19.9 Å². The molecule has 0 saturated carbocycles. The van der Waals surface area contributed by atoms with E-state index in [0.717, 1.165) is 12.0 Å². The van der Waals surface area contributed by atoms with E-state index in [9.17, 15) is 0 Å². The van der Waals surface area contributed by atoms with Gasteiger partial charge in [-0.2, -0.15) is 0 Å². The largest absolute Gasteiger partial charge is 0.472 e. The molecule has 14 heavy (non-hydrogen) atoms. The van der Waals surface area contributed by atoms with Crippen LogP contribution in [-0.4, -0.2) is 18.8 Å². The molecule has 0 aromatic carbocycles. The van der Waals surface area contributed by atoms with Crippen LogP contribution in [-0.2, 0) is 11.2 Å². The van der Waals surface area contributed by atoms with Crippen molar-refractivity contribution in [1.82, 2.24) is 5.43 Å². The molecule has 0 fully saturated rings. The van der Waals surface area contributed by atoms with Crippen LogP contribution in [0.1, 0.15) is 19.4 Å². The Labute approximate surface area is 84.4 Å². The van der Waals surface area contributed by atoms with E-state index in [2.05, 4.69) is 5.43 Å². The summed E-state index contributed by atoms with van der Waals surface area (Å²) >= 11 is 0. The topological polar surface area (TPSA) is 60.4 Å². The van der Waals surface area contributed by atoms with Crippen molar-refractivity contribution in [2.24, 2.45) is 5.84 Å². The quantitative estimate of drug-likeness (QED) is 0.530. The lowest BCUT2D eigenvalue weighted by Gasteiger charge is -2.16. The van der Waals surface area contributed by atoms with Gasteiger partial charge in [-0.25, -0.2) is 0 Å². The Morgan fingerprint density at radius 1 is 1.57 bits per heavy atom. The molecule has 0 aliphatic rings. The highest BCUT2D eigenvalue weighted by Crippen LogP contribution is 2.04. The van der Waals surface area contributed by atoms with Crippen LogP contribution in [0.4, 0.5) is 0 Å². The summed E-state index contributed by atoms with van der Waals surface area (Å²) in [6.45, 7) is 4.62. The molecule has 1 aromatic heterocycles. The van der Waals surface area contributed by atoms with Crippen molar-refractivity contribution in [3.63, 3.8) is 0 Å². The summed E-state index contributed by atoms with van der Waals surface area (Å²) in [4.78, 5) is 0. The van der Waals surface area contributed by atoms with Crippen molar-refractivity contribution in [2.45, 2.75) is 32.4 Å². The second kappa shape index (κ2) is 5.80. The summed E-state index contributed by atoms with van der Waals surface area (Å²) in [6, 6.07) is 2.06. The van der Waals surface area contributed by atoms with Gasteiger partial charge >= 0.3 is 0 Å². The summed E-state index contributed by atoms with van der Waals surface area (Å²) in [5.41, 5.74) is 3.85. The first-order chi connectivity index (χ1) is 6.72. The summed E-state index contributed by atoms with van der Waals surface area (Å²) in [6.07, 6.45) is 4.43. The first-order valence-corrected chi connectivity index (χ1v) is 4.81. The second-order valence-electron chi connectivity index (χ2n) is 3.58. The van der Waals surface area contributed by atoms with E-state index >= 15 is 0 Å². The molecule has 1 heterocycles. The fourth-order valence-corrected chi connectivity index (χ4v) is 1.17. The fraction of sp³-hybridized carbons (Fsp3) is 0.600. The van der Waals surface area contributed by atoms with E-state index in [-0.39, 0.29) is 12.1 Å². The van der Waals surface area contributed by atoms with Crippen LogP contribution in [0.5, 0.6) is 0 Å². The van der Waals surface area contributed by atoms with Gasteiger partial charge < -0.3 is 9.15 Å². The maximum Gasteiger partial charge on any atom is 0.0935 e. The standard InChI is InChI=1S/C10H18N2O2/c1-8(2)14-7-10(12-11)5-9-3-4-13-6-9/h3-4,6,8,10,12H,5,7,11H2,1-2H3. The SMILES string of the molecule is CC(C)OCC(Cc1ccoc1)NN. The molecule has 1 atom stereocenters. The Bertz CT molecular complexity index is 234. The predicted molar refractivity (Wildman–Crippen MR) is 54.6 cm³/mol. The van der Waals surface area contributed by atoms with E-state index in [1.54, 1.807) is 12.5 Å². The van der Waals surface area contributed by atoms with E-state index in [4.69, 9.17) is 15.0 Å². The molecule has 0 radical (unpaired) electrons. The third-order valence-corrected chi connectivity index (χ3v) is 1.93. The Hall–Kier alpha value is -0.840. The number of nitrogens with one attached hydrogen (secondary N) is 1.